The highest BCUT2D eigenvalue weighted by Gasteiger charge is 2.40. The zero-order valence-corrected chi connectivity index (χ0v) is 24.3. The van der Waals surface area contributed by atoms with Crippen molar-refractivity contribution in [3.63, 3.8) is 0 Å². The van der Waals surface area contributed by atoms with E-state index in [1.54, 1.807) is 30.3 Å². The van der Waals surface area contributed by atoms with Gasteiger partial charge in [-0.15, -0.1) is 0 Å². The first-order valence-electron chi connectivity index (χ1n) is 13.9. The van der Waals surface area contributed by atoms with Gasteiger partial charge in [-0.25, -0.2) is 9.24 Å². The summed E-state index contributed by atoms with van der Waals surface area (Å²) in [4.78, 5) is 44.1. The fourth-order valence-corrected chi connectivity index (χ4v) is 6.40. The van der Waals surface area contributed by atoms with Crippen LogP contribution in [0.5, 0.6) is 11.5 Å². The van der Waals surface area contributed by atoms with Crippen LogP contribution in [0.25, 0.3) is 4.85 Å². The first-order valence-corrected chi connectivity index (χ1v) is 14.7. The molecule has 0 radical (unpaired) electrons. The molecule has 8 nitrogen and oxygen atoms in total. The van der Waals surface area contributed by atoms with Crippen molar-refractivity contribution in [1.29, 1.82) is 0 Å². The number of imide groups is 1. The van der Waals surface area contributed by atoms with Crippen molar-refractivity contribution in [2.45, 2.75) is 50.7 Å². The third kappa shape index (κ3) is 5.67. The molecule has 0 saturated carbocycles. The van der Waals surface area contributed by atoms with Gasteiger partial charge in [0, 0.05) is 29.5 Å². The van der Waals surface area contributed by atoms with Crippen molar-refractivity contribution >= 4 is 39.3 Å². The van der Waals surface area contributed by atoms with Gasteiger partial charge in [-0.3, -0.25) is 24.6 Å². The molecule has 3 aromatic carbocycles. The van der Waals surface area contributed by atoms with E-state index in [0.29, 0.717) is 34.9 Å². The summed E-state index contributed by atoms with van der Waals surface area (Å²) in [5.41, 5.74) is 3.29. The Morgan fingerprint density at radius 1 is 1.00 bits per heavy atom. The molecule has 0 aromatic heterocycles. The topological polar surface area (TPSA) is 83.3 Å². The van der Waals surface area contributed by atoms with Crippen molar-refractivity contribution in [3.8, 4) is 11.5 Å². The normalized spacial score (nSPS) is 19.4. The van der Waals surface area contributed by atoms with Crippen molar-refractivity contribution in [2.24, 2.45) is 0 Å². The maximum absolute atomic E-state index is 15.3. The van der Waals surface area contributed by atoms with Crippen molar-refractivity contribution in [3.05, 3.63) is 98.6 Å². The number of ether oxygens (including phenoxy) is 1. The van der Waals surface area contributed by atoms with E-state index in [1.165, 1.54) is 11.0 Å². The molecule has 2 saturated heterocycles. The molecule has 3 aliphatic heterocycles. The van der Waals surface area contributed by atoms with Gasteiger partial charge < -0.3 is 9.64 Å². The number of likely N-dealkylation sites (tertiary alicyclic amines) is 1. The van der Waals surface area contributed by atoms with E-state index in [2.05, 4.69) is 31.0 Å². The van der Waals surface area contributed by atoms with Gasteiger partial charge >= 0.3 is 0 Å². The molecule has 10 heteroatoms. The van der Waals surface area contributed by atoms with E-state index in [9.17, 15) is 14.4 Å². The maximum Gasteiger partial charge on any atom is 0.255 e. The average Bonchev–Trinajstić information content (AvgIpc) is 3.30. The smallest absolute Gasteiger partial charge is 0.255 e. The zero-order chi connectivity index (χ0) is 29.4. The molecule has 3 amide bonds. The number of hydrogen-bond acceptors (Lipinski definition) is 5. The van der Waals surface area contributed by atoms with E-state index in [0.717, 1.165) is 41.5 Å². The van der Waals surface area contributed by atoms with Gasteiger partial charge in [0.25, 0.3) is 5.91 Å². The van der Waals surface area contributed by atoms with E-state index in [4.69, 9.17) is 11.3 Å². The predicted molar refractivity (Wildman–Crippen MR) is 157 cm³/mol. The van der Waals surface area contributed by atoms with Gasteiger partial charge in [-0.05, 0) is 91.4 Å². The molecule has 3 aromatic rings. The van der Waals surface area contributed by atoms with Gasteiger partial charge in [0.15, 0.2) is 5.69 Å². The largest absolute Gasteiger partial charge is 0.457 e. The summed E-state index contributed by atoms with van der Waals surface area (Å²) in [6.07, 6.45) is 2.02. The highest BCUT2D eigenvalue weighted by atomic mass is 79.9. The van der Waals surface area contributed by atoms with Crippen LogP contribution in [0.2, 0.25) is 0 Å². The highest BCUT2D eigenvalue weighted by Crippen LogP contribution is 2.36. The summed E-state index contributed by atoms with van der Waals surface area (Å²) < 4.78 is 22.3. The standard InChI is InChI=1S/C32H28BrFN4O4/c1-35-22-2-4-23(5-3-22)42-24-6-7-27(33)21(14-24)17-37-12-10-19(11-13-37)25-15-20-18-38(32(41)26(20)16-28(25)34)29-8-9-30(39)36-31(29)40/h2-7,14-16,19,29H,8-13,17-18H2,(H,36,39,40). The summed E-state index contributed by atoms with van der Waals surface area (Å²) in [6.45, 7) is 9.62. The van der Waals surface area contributed by atoms with E-state index >= 15 is 4.39 Å². The van der Waals surface area contributed by atoms with Gasteiger partial charge in [0.2, 0.25) is 11.8 Å². The molecule has 42 heavy (non-hydrogen) atoms. The molecule has 1 unspecified atom stereocenters. The Bertz CT molecular complexity index is 1610. The number of nitrogens with zero attached hydrogens (tertiary/aromatic N) is 3. The van der Waals surface area contributed by atoms with E-state index < -0.39 is 11.9 Å². The zero-order valence-electron chi connectivity index (χ0n) is 22.7. The molecule has 1 atom stereocenters. The number of benzene rings is 3. The lowest BCUT2D eigenvalue weighted by atomic mass is 9.87. The molecule has 2 fully saturated rings. The van der Waals surface area contributed by atoms with Crippen LogP contribution in [-0.4, -0.2) is 46.7 Å². The summed E-state index contributed by atoms with van der Waals surface area (Å²) in [7, 11) is 0. The van der Waals surface area contributed by atoms with E-state index in [1.807, 2.05) is 18.2 Å². The Morgan fingerprint density at radius 3 is 2.45 bits per heavy atom. The second kappa shape index (κ2) is 11.7. The Kier molecular flexibility index (Phi) is 7.80. The number of fused-ring (bicyclic) bond motifs is 1. The Labute approximate surface area is 251 Å². The number of halogens is 2. The van der Waals surface area contributed by atoms with Crippen molar-refractivity contribution < 1.29 is 23.5 Å². The lowest BCUT2D eigenvalue weighted by Gasteiger charge is -2.32. The van der Waals surface area contributed by atoms with Crippen LogP contribution in [0.15, 0.2) is 59.1 Å². The summed E-state index contributed by atoms with van der Waals surface area (Å²) >= 11 is 3.66. The fraction of sp³-hybridized carbons (Fsp3) is 0.312. The monoisotopic (exact) mass is 630 g/mol. The van der Waals surface area contributed by atoms with Crippen molar-refractivity contribution in [1.82, 2.24) is 15.1 Å². The molecule has 6 rings (SSSR count). The second-order valence-electron chi connectivity index (χ2n) is 10.9. The molecule has 214 valence electrons. The fourth-order valence-electron chi connectivity index (χ4n) is 6.02. The molecule has 1 N–H and O–H groups in total. The quantitative estimate of drug-likeness (QED) is 0.264. The highest BCUT2D eigenvalue weighted by molar-refractivity contribution is 9.10. The van der Waals surface area contributed by atoms with Crippen LogP contribution in [-0.2, 0) is 22.7 Å². The first-order chi connectivity index (χ1) is 20.3. The lowest BCUT2D eigenvalue weighted by molar-refractivity contribution is -0.136. The Hall–Kier alpha value is -4.07. The predicted octanol–water partition coefficient (Wildman–Crippen LogP) is 6.07. The maximum atomic E-state index is 15.3. The summed E-state index contributed by atoms with van der Waals surface area (Å²) in [5, 5.41) is 2.30. The van der Waals surface area contributed by atoms with Crippen LogP contribution < -0.4 is 10.1 Å². The molecule has 3 heterocycles. The molecule has 3 aliphatic rings. The molecular weight excluding hydrogens is 603 g/mol. The summed E-state index contributed by atoms with van der Waals surface area (Å²) in [6, 6.07) is 15.3. The first kappa shape index (κ1) is 28.1. The SMILES string of the molecule is [C-]#[N+]c1ccc(Oc2ccc(Br)c(CN3CCC(c4cc5c(cc4F)C(=O)N(C4CCC(=O)NC4=O)C5)CC3)c2)cc1. The average molecular weight is 632 g/mol. The van der Waals surface area contributed by atoms with Gasteiger partial charge in [-0.2, -0.15) is 0 Å². The third-order valence-corrected chi connectivity index (χ3v) is 9.05. The number of nitrogens with one attached hydrogen (secondary N) is 1. The second-order valence-corrected chi connectivity index (χ2v) is 11.8. The van der Waals surface area contributed by atoms with Gasteiger partial charge in [-0.1, -0.05) is 34.1 Å². The van der Waals surface area contributed by atoms with Crippen LogP contribution in [0.1, 0.15) is 58.6 Å². The Balaban J connectivity index is 1.09. The molecule has 0 bridgehead atoms. The minimum Gasteiger partial charge on any atom is -0.457 e. The number of piperidine rings is 2. The lowest BCUT2D eigenvalue weighted by Crippen LogP contribution is -2.52. The third-order valence-electron chi connectivity index (χ3n) is 8.28. The number of carbonyl (C=O) groups is 3. The molecule has 0 aliphatic carbocycles. The van der Waals surface area contributed by atoms with Crippen LogP contribution in [0.4, 0.5) is 10.1 Å². The number of rotatable bonds is 6. The minimum absolute atomic E-state index is 0.0304. The molecule has 0 spiro atoms. The van der Waals surface area contributed by atoms with Crippen LogP contribution in [0, 0.1) is 12.4 Å². The van der Waals surface area contributed by atoms with Crippen LogP contribution >= 0.6 is 15.9 Å². The number of amides is 3. The van der Waals surface area contributed by atoms with E-state index in [-0.39, 0.29) is 42.9 Å². The van der Waals surface area contributed by atoms with Crippen LogP contribution in [0.3, 0.4) is 0 Å². The number of hydrogen-bond donors (Lipinski definition) is 1. The summed E-state index contributed by atoms with van der Waals surface area (Å²) in [5.74, 6) is -0.158. The van der Waals surface area contributed by atoms with Crippen molar-refractivity contribution in [2.75, 3.05) is 13.1 Å². The minimum atomic E-state index is -0.717. The number of carbonyl (C=O) groups excluding carboxylic acids is 3. The van der Waals surface area contributed by atoms with Gasteiger partial charge in [0.1, 0.15) is 23.4 Å². The van der Waals surface area contributed by atoms with Gasteiger partial charge in [0.05, 0.1) is 6.57 Å². The Morgan fingerprint density at radius 2 is 1.74 bits per heavy atom. The molecular formula is C32H28BrFN4O4.